The number of rotatable bonds is 25. The number of unbranched alkanes of at least 4 members (excludes halogenated alkanes) is 15. The van der Waals surface area contributed by atoms with E-state index in [1.54, 1.807) is 0 Å². The summed E-state index contributed by atoms with van der Waals surface area (Å²) in [5.74, 6) is 0. The van der Waals surface area contributed by atoms with Gasteiger partial charge in [0.25, 0.3) is 0 Å². The molecule has 3 heteroatoms. The van der Waals surface area contributed by atoms with E-state index in [9.17, 15) is 10.2 Å². The SMILES string of the molecule is CCCCCCCCCCCCN(CC(O)CCCCCC)CC(O)CCCCCC. The van der Waals surface area contributed by atoms with E-state index >= 15 is 0 Å². The first-order valence-electron chi connectivity index (χ1n) is 14.2. The molecule has 0 saturated carbocycles. The largest absolute Gasteiger partial charge is 0.392 e. The molecule has 0 fully saturated rings. The van der Waals surface area contributed by atoms with Gasteiger partial charge in [-0.3, -0.25) is 4.90 Å². The molecule has 0 spiro atoms. The molecular weight excluding hydrogens is 382 g/mol. The molecule has 0 aromatic rings. The van der Waals surface area contributed by atoms with Crippen LogP contribution in [0.1, 0.15) is 149 Å². The van der Waals surface area contributed by atoms with Gasteiger partial charge >= 0.3 is 0 Å². The number of hydrogen-bond acceptors (Lipinski definition) is 3. The van der Waals surface area contributed by atoms with Gasteiger partial charge in [0, 0.05) is 13.1 Å². The summed E-state index contributed by atoms with van der Waals surface area (Å²) in [5.41, 5.74) is 0. The molecule has 188 valence electrons. The Balaban J connectivity index is 4.10. The van der Waals surface area contributed by atoms with Crippen LogP contribution in [0.25, 0.3) is 0 Å². The lowest BCUT2D eigenvalue weighted by Gasteiger charge is -2.27. The zero-order chi connectivity index (χ0) is 23.0. The van der Waals surface area contributed by atoms with Crippen LogP contribution in [0.5, 0.6) is 0 Å². The zero-order valence-corrected chi connectivity index (χ0v) is 21.8. The van der Waals surface area contributed by atoms with Crippen molar-refractivity contribution in [1.82, 2.24) is 4.90 Å². The summed E-state index contributed by atoms with van der Waals surface area (Å²) in [7, 11) is 0. The van der Waals surface area contributed by atoms with Crippen LogP contribution < -0.4 is 0 Å². The van der Waals surface area contributed by atoms with Crippen LogP contribution >= 0.6 is 0 Å². The molecule has 31 heavy (non-hydrogen) atoms. The second kappa shape index (κ2) is 24.5. The summed E-state index contributed by atoms with van der Waals surface area (Å²) in [5, 5.41) is 21.0. The summed E-state index contributed by atoms with van der Waals surface area (Å²) in [6.07, 6.45) is 24.6. The summed E-state index contributed by atoms with van der Waals surface area (Å²) in [6.45, 7) is 9.22. The fraction of sp³-hybridized carbons (Fsp3) is 1.00. The Bertz CT molecular complexity index is 317. The van der Waals surface area contributed by atoms with Crippen molar-refractivity contribution >= 4 is 0 Å². The maximum atomic E-state index is 10.5. The lowest BCUT2D eigenvalue weighted by molar-refractivity contribution is 0.0596. The van der Waals surface area contributed by atoms with Crippen LogP contribution in [0.4, 0.5) is 0 Å². The Labute approximate surface area is 196 Å². The second-order valence-corrected chi connectivity index (χ2v) is 9.95. The molecule has 0 radical (unpaired) electrons. The minimum atomic E-state index is -0.243. The molecule has 2 N–H and O–H groups in total. The van der Waals surface area contributed by atoms with Crippen LogP contribution in [-0.4, -0.2) is 47.0 Å². The Hall–Kier alpha value is -0.120. The van der Waals surface area contributed by atoms with E-state index in [1.165, 1.54) is 103 Å². The molecule has 0 heterocycles. The fourth-order valence-corrected chi connectivity index (χ4v) is 4.47. The van der Waals surface area contributed by atoms with Crippen molar-refractivity contribution in [3.63, 3.8) is 0 Å². The second-order valence-electron chi connectivity index (χ2n) is 9.95. The smallest absolute Gasteiger partial charge is 0.0667 e. The molecule has 0 bridgehead atoms. The standard InChI is InChI=1S/C28H59NO2/c1-4-7-10-13-14-15-16-17-18-21-24-29(25-27(30)22-19-11-8-5-2)26-28(31)23-20-12-9-6-3/h27-28,30-31H,4-26H2,1-3H3. The quantitative estimate of drug-likeness (QED) is 0.142. The van der Waals surface area contributed by atoms with Crippen molar-refractivity contribution in [3.8, 4) is 0 Å². The van der Waals surface area contributed by atoms with Crippen molar-refractivity contribution in [2.45, 2.75) is 161 Å². The minimum absolute atomic E-state index is 0.243. The lowest BCUT2D eigenvalue weighted by atomic mass is 10.1. The molecule has 0 saturated heterocycles. The highest BCUT2D eigenvalue weighted by molar-refractivity contribution is 4.70. The molecule has 0 aliphatic rings. The number of hydrogen-bond donors (Lipinski definition) is 2. The van der Waals surface area contributed by atoms with Crippen molar-refractivity contribution in [2.24, 2.45) is 0 Å². The van der Waals surface area contributed by atoms with Gasteiger partial charge < -0.3 is 10.2 Å². The molecular formula is C28H59NO2. The molecule has 0 rings (SSSR count). The molecule has 0 aliphatic carbocycles. The van der Waals surface area contributed by atoms with Crippen LogP contribution in [0, 0.1) is 0 Å². The van der Waals surface area contributed by atoms with Crippen molar-refractivity contribution in [1.29, 1.82) is 0 Å². The van der Waals surface area contributed by atoms with Crippen molar-refractivity contribution < 1.29 is 10.2 Å². The molecule has 3 nitrogen and oxygen atoms in total. The average molecular weight is 442 g/mol. The van der Waals surface area contributed by atoms with Gasteiger partial charge in [0.15, 0.2) is 0 Å². The fourth-order valence-electron chi connectivity index (χ4n) is 4.47. The van der Waals surface area contributed by atoms with E-state index < -0.39 is 0 Å². The van der Waals surface area contributed by atoms with E-state index in [-0.39, 0.29) is 12.2 Å². The normalized spacial score (nSPS) is 13.7. The third kappa shape index (κ3) is 22.9. The summed E-state index contributed by atoms with van der Waals surface area (Å²) < 4.78 is 0. The topological polar surface area (TPSA) is 43.7 Å². The van der Waals surface area contributed by atoms with Crippen LogP contribution in [0.15, 0.2) is 0 Å². The van der Waals surface area contributed by atoms with Gasteiger partial charge in [-0.1, -0.05) is 130 Å². The van der Waals surface area contributed by atoms with Gasteiger partial charge in [0.05, 0.1) is 12.2 Å². The van der Waals surface area contributed by atoms with Gasteiger partial charge in [0.1, 0.15) is 0 Å². The van der Waals surface area contributed by atoms with E-state index in [2.05, 4.69) is 25.7 Å². The zero-order valence-electron chi connectivity index (χ0n) is 21.8. The van der Waals surface area contributed by atoms with Crippen LogP contribution in [0.3, 0.4) is 0 Å². The van der Waals surface area contributed by atoms with Gasteiger partial charge in [-0.15, -0.1) is 0 Å². The van der Waals surface area contributed by atoms with E-state index in [0.717, 1.165) is 45.3 Å². The summed E-state index contributed by atoms with van der Waals surface area (Å²) >= 11 is 0. The molecule has 2 atom stereocenters. The highest BCUT2D eigenvalue weighted by Gasteiger charge is 2.15. The first kappa shape index (κ1) is 30.9. The van der Waals surface area contributed by atoms with Gasteiger partial charge in [-0.2, -0.15) is 0 Å². The number of nitrogens with zero attached hydrogens (tertiary/aromatic N) is 1. The molecule has 0 amide bonds. The minimum Gasteiger partial charge on any atom is -0.392 e. The predicted molar refractivity (Wildman–Crippen MR) is 138 cm³/mol. The summed E-state index contributed by atoms with van der Waals surface area (Å²) in [4.78, 5) is 2.35. The average Bonchev–Trinajstić information content (AvgIpc) is 2.75. The predicted octanol–water partition coefficient (Wildman–Crippen LogP) is 7.87. The van der Waals surface area contributed by atoms with Crippen LogP contribution in [-0.2, 0) is 0 Å². The number of aliphatic hydroxyl groups is 2. The van der Waals surface area contributed by atoms with Gasteiger partial charge in [-0.25, -0.2) is 0 Å². The maximum absolute atomic E-state index is 10.5. The Morgan fingerprint density at radius 3 is 1.16 bits per heavy atom. The van der Waals surface area contributed by atoms with Gasteiger partial charge in [-0.05, 0) is 25.8 Å². The highest BCUT2D eigenvalue weighted by Crippen LogP contribution is 2.13. The summed E-state index contributed by atoms with van der Waals surface area (Å²) in [6, 6.07) is 0. The lowest BCUT2D eigenvalue weighted by Crippen LogP contribution is -2.38. The maximum Gasteiger partial charge on any atom is 0.0667 e. The van der Waals surface area contributed by atoms with Crippen molar-refractivity contribution in [2.75, 3.05) is 19.6 Å². The highest BCUT2D eigenvalue weighted by atomic mass is 16.3. The molecule has 0 aromatic heterocycles. The molecule has 0 aliphatic heterocycles. The Morgan fingerprint density at radius 1 is 0.452 bits per heavy atom. The Morgan fingerprint density at radius 2 is 0.774 bits per heavy atom. The molecule has 2 unspecified atom stereocenters. The van der Waals surface area contributed by atoms with Crippen molar-refractivity contribution in [3.05, 3.63) is 0 Å². The van der Waals surface area contributed by atoms with E-state index in [4.69, 9.17) is 0 Å². The van der Waals surface area contributed by atoms with Crippen LogP contribution in [0.2, 0.25) is 0 Å². The first-order valence-corrected chi connectivity index (χ1v) is 14.2. The van der Waals surface area contributed by atoms with E-state index in [1.807, 2.05) is 0 Å². The Kier molecular flexibility index (Phi) is 24.4. The number of aliphatic hydroxyl groups excluding tert-OH is 2. The third-order valence-electron chi connectivity index (χ3n) is 6.55. The third-order valence-corrected chi connectivity index (χ3v) is 6.55. The molecule has 0 aromatic carbocycles. The first-order chi connectivity index (χ1) is 15.1. The monoisotopic (exact) mass is 441 g/mol. The van der Waals surface area contributed by atoms with Gasteiger partial charge in [0.2, 0.25) is 0 Å². The van der Waals surface area contributed by atoms with E-state index in [0.29, 0.717) is 0 Å².